The SMILES string of the molecule is O=C(C[n+]1csc2ccccc21)Nc1ccc(Br)cc1. The second kappa shape index (κ2) is 5.73. The molecular formula is C15H12BrN2OS+. The molecule has 0 aliphatic carbocycles. The van der Waals surface area contributed by atoms with Crippen LogP contribution in [0.2, 0.25) is 0 Å². The van der Waals surface area contributed by atoms with Crippen LogP contribution in [-0.2, 0) is 11.3 Å². The number of para-hydroxylation sites is 1. The molecule has 2 aromatic carbocycles. The lowest BCUT2D eigenvalue weighted by Gasteiger charge is -2.02. The minimum absolute atomic E-state index is 0.0270. The number of nitrogens with one attached hydrogen (secondary N) is 1. The average molecular weight is 348 g/mol. The number of amides is 1. The third-order valence-corrected chi connectivity index (χ3v) is 4.41. The maximum absolute atomic E-state index is 12.1. The molecule has 0 saturated heterocycles. The van der Waals surface area contributed by atoms with Crippen molar-refractivity contribution >= 4 is 49.1 Å². The van der Waals surface area contributed by atoms with Gasteiger partial charge in [0.15, 0.2) is 0 Å². The Balaban J connectivity index is 1.74. The highest BCUT2D eigenvalue weighted by atomic mass is 79.9. The van der Waals surface area contributed by atoms with E-state index in [0.717, 1.165) is 15.7 Å². The van der Waals surface area contributed by atoms with Crippen LogP contribution in [0.15, 0.2) is 58.5 Å². The Morgan fingerprint density at radius 2 is 1.90 bits per heavy atom. The van der Waals surface area contributed by atoms with Gasteiger partial charge in [0.2, 0.25) is 17.6 Å². The summed E-state index contributed by atoms with van der Waals surface area (Å²) in [6.45, 7) is 0.320. The molecule has 20 heavy (non-hydrogen) atoms. The van der Waals surface area contributed by atoms with Crippen LogP contribution in [0.5, 0.6) is 0 Å². The number of hydrogen-bond acceptors (Lipinski definition) is 2. The van der Waals surface area contributed by atoms with Gasteiger partial charge in [0.25, 0.3) is 5.91 Å². The van der Waals surface area contributed by atoms with Crippen LogP contribution in [0, 0.1) is 0 Å². The number of hydrogen-bond donors (Lipinski definition) is 1. The van der Waals surface area contributed by atoms with Gasteiger partial charge >= 0.3 is 0 Å². The fourth-order valence-electron chi connectivity index (χ4n) is 1.98. The van der Waals surface area contributed by atoms with E-state index < -0.39 is 0 Å². The number of carbonyl (C=O) groups is 1. The maximum Gasteiger partial charge on any atom is 0.290 e. The first-order valence-corrected chi connectivity index (χ1v) is 7.81. The van der Waals surface area contributed by atoms with Crippen LogP contribution in [0.3, 0.4) is 0 Å². The molecule has 0 radical (unpaired) electrons. The van der Waals surface area contributed by atoms with Crippen molar-refractivity contribution in [2.75, 3.05) is 5.32 Å². The molecule has 3 aromatic rings. The largest absolute Gasteiger partial charge is 0.321 e. The summed E-state index contributed by atoms with van der Waals surface area (Å²) in [6.07, 6.45) is 0. The lowest BCUT2D eigenvalue weighted by Crippen LogP contribution is -2.38. The highest BCUT2D eigenvalue weighted by Crippen LogP contribution is 2.16. The van der Waals surface area contributed by atoms with Gasteiger partial charge in [0, 0.05) is 16.2 Å². The van der Waals surface area contributed by atoms with Gasteiger partial charge in [-0.3, -0.25) is 4.79 Å². The number of halogens is 1. The van der Waals surface area contributed by atoms with Gasteiger partial charge in [-0.1, -0.05) is 39.4 Å². The highest BCUT2D eigenvalue weighted by Gasteiger charge is 2.15. The van der Waals surface area contributed by atoms with Crippen molar-refractivity contribution < 1.29 is 9.36 Å². The van der Waals surface area contributed by atoms with Gasteiger partial charge in [-0.05, 0) is 30.3 Å². The molecule has 1 heterocycles. The van der Waals surface area contributed by atoms with Crippen molar-refractivity contribution in [1.82, 2.24) is 0 Å². The zero-order valence-electron chi connectivity index (χ0n) is 10.5. The van der Waals surface area contributed by atoms with E-state index in [2.05, 4.69) is 27.3 Å². The van der Waals surface area contributed by atoms with Gasteiger partial charge in [-0.2, -0.15) is 4.57 Å². The monoisotopic (exact) mass is 347 g/mol. The maximum atomic E-state index is 12.1. The molecule has 1 N–H and O–H groups in total. The van der Waals surface area contributed by atoms with Crippen LogP contribution in [0.4, 0.5) is 5.69 Å². The third kappa shape index (κ3) is 2.89. The summed E-state index contributed by atoms with van der Waals surface area (Å²) in [5.41, 5.74) is 3.87. The number of aromatic nitrogens is 1. The Morgan fingerprint density at radius 1 is 1.15 bits per heavy atom. The van der Waals surface area contributed by atoms with Gasteiger partial charge in [-0.15, -0.1) is 0 Å². The minimum Gasteiger partial charge on any atom is -0.321 e. The molecule has 0 atom stereocenters. The molecule has 0 spiro atoms. The molecule has 0 aliphatic heterocycles. The standard InChI is InChI=1S/C15H11BrN2OS/c16-11-5-7-12(8-6-11)17-15(19)9-18-10-20-14-4-2-1-3-13(14)18/h1-8,10H,9H2/p+1. The Bertz CT molecular complexity index is 752. The van der Waals surface area contributed by atoms with E-state index >= 15 is 0 Å². The molecular weight excluding hydrogens is 336 g/mol. The minimum atomic E-state index is -0.0270. The first kappa shape index (κ1) is 13.3. The second-order valence-corrected chi connectivity index (χ2v) is 6.18. The number of benzene rings is 2. The summed E-state index contributed by atoms with van der Waals surface area (Å²) in [4.78, 5) is 12.1. The molecule has 0 bridgehead atoms. The van der Waals surface area contributed by atoms with Crippen molar-refractivity contribution in [2.45, 2.75) is 6.54 Å². The number of fused-ring (bicyclic) bond motifs is 1. The van der Waals surface area contributed by atoms with E-state index in [0.29, 0.717) is 6.54 Å². The number of rotatable bonds is 3. The summed E-state index contributed by atoms with van der Waals surface area (Å²) in [7, 11) is 0. The Hall–Kier alpha value is -1.72. The predicted octanol–water partition coefficient (Wildman–Crippen LogP) is 3.59. The molecule has 0 aliphatic rings. The lowest BCUT2D eigenvalue weighted by molar-refractivity contribution is -0.653. The van der Waals surface area contributed by atoms with Gasteiger partial charge in [0.05, 0.1) is 0 Å². The molecule has 0 saturated carbocycles. The molecule has 0 fully saturated rings. The Labute approximate surface area is 129 Å². The van der Waals surface area contributed by atoms with Crippen LogP contribution < -0.4 is 9.88 Å². The predicted molar refractivity (Wildman–Crippen MR) is 84.8 cm³/mol. The molecule has 3 rings (SSSR count). The average Bonchev–Trinajstić information content (AvgIpc) is 2.85. The van der Waals surface area contributed by atoms with Gasteiger partial charge in [-0.25, -0.2) is 0 Å². The summed E-state index contributed by atoms with van der Waals surface area (Å²) in [6, 6.07) is 15.6. The van der Waals surface area contributed by atoms with E-state index in [-0.39, 0.29) is 5.91 Å². The van der Waals surface area contributed by atoms with Crippen LogP contribution in [-0.4, -0.2) is 5.91 Å². The first-order chi connectivity index (χ1) is 9.72. The van der Waals surface area contributed by atoms with Gasteiger partial charge < -0.3 is 5.32 Å². The number of anilines is 1. The molecule has 1 amide bonds. The van der Waals surface area contributed by atoms with Crippen molar-refractivity contribution in [2.24, 2.45) is 0 Å². The normalized spacial score (nSPS) is 10.7. The molecule has 0 unspecified atom stereocenters. The first-order valence-electron chi connectivity index (χ1n) is 6.13. The van der Waals surface area contributed by atoms with Crippen molar-refractivity contribution in [3.8, 4) is 0 Å². The molecule has 3 nitrogen and oxygen atoms in total. The summed E-state index contributed by atoms with van der Waals surface area (Å²) >= 11 is 5.01. The fraction of sp³-hybridized carbons (Fsp3) is 0.0667. The summed E-state index contributed by atoms with van der Waals surface area (Å²) < 4.78 is 4.14. The zero-order valence-corrected chi connectivity index (χ0v) is 12.9. The van der Waals surface area contributed by atoms with Crippen molar-refractivity contribution in [3.05, 3.63) is 58.5 Å². The molecule has 100 valence electrons. The van der Waals surface area contributed by atoms with Crippen LogP contribution in [0.1, 0.15) is 0 Å². The topological polar surface area (TPSA) is 33.0 Å². The highest BCUT2D eigenvalue weighted by molar-refractivity contribution is 9.10. The third-order valence-electron chi connectivity index (χ3n) is 2.92. The van der Waals surface area contributed by atoms with E-state index in [1.807, 2.05) is 52.5 Å². The van der Waals surface area contributed by atoms with E-state index in [9.17, 15) is 4.79 Å². The lowest BCUT2D eigenvalue weighted by atomic mass is 10.3. The van der Waals surface area contributed by atoms with E-state index in [1.165, 1.54) is 4.70 Å². The molecule has 1 aromatic heterocycles. The zero-order chi connectivity index (χ0) is 13.9. The number of nitrogens with zero attached hydrogens (tertiary/aromatic N) is 1. The second-order valence-electron chi connectivity index (χ2n) is 4.37. The van der Waals surface area contributed by atoms with Crippen LogP contribution in [0.25, 0.3) is 10.2 Å². The Kier molecular flexibility index (Phi) is 3.80. The van der Waals surface area contributed by atoms with Crippen molar-refractivity contribution in [1.29, 1.82) is 0 Å². The smallest absolute Gasteiger partial charge is 0.290 e. The number of thiazole rings is 1. The number of carbonyl (C=O) groups excluding carboxylic acids is 1. The summed E-state index contributed by atoms with van der Waals surface area (Å²) in [5, 5.41) is 2.90. The quantitative estimate of drug-likeness (QED) is 0.721. The van der Waals surface area contributed by atoms with E-state index in [1.54, 1.807) is 11.3 Å². The van der Waals surface area contributed by atoms with E-state index in [4.69, 9.17) is 0 Å². The molecule has 5 heteroatoms. The van der Waals surface area contributed by atoms with Gasteiger partial charge in [0.1, 0.15) is 4.70 Å². The van der Waals surface area contributed by atoms with Crippen LogP contribution >= 0.6 is 27.3 Å². The van der Waals surface area contributed by atoms with Crippen molar-refractivity contribution in [3.63, 3.8) is 0 Å². The summed E-state index contributed by atoms with van der Waals surface area (Å²) in [5.74, 6) is -0.0270. The fourth-order valence-corrected chi connectivity index (χ4v) is 3.14. The Morgan fingerprint density at radius 3 is 2.70 bits per heavy atom.